The number of benzene rings is 1. The number of imidazole rings is 1. The van der Waals surface area contributed by atoms with Crippen molar-refractivity contribution in [2.24, 2.45) is 0 Å². The van der Waals surface area contributed by atoms with Gasteiger partial charge < -0.3 is 9.55 Å². The van der Waals surface area contributed by atoms with E-state index >= 15 is 0 Å². The molecule has 2 heterocycles. The smallest absolute Gasteiger partial charge is 0.178 e. The predicted molar refractivity (Wildman–Crippen MR) is 75.2 cm³/mol. The van der Waals surface area contributed by atoms with Gasteiger partial charge in [-0.05, 0) is 54.4 Å². The highest BCUT2D eigenvalue weighted by atomic mass is 32.1. The van der Waals surface area contributed by atoms with E-state index in [1.54, 1.807) is 17.4 Å². The normalized spacial score (nSPS) is 11.2. The Bertz CT molecular complexity index is 767. The number of H-pyrrole nitrogens is 1. The number of aryl methyl sites for hydroxylation is 1. The Labute approximate surface area is 113 Å². The van der Waals surface area contributed by atoms with Gasteiger partial charge in [0.2, 0.25) is 0 Å². The molecule has 3 rings (SSSR count). The summed E-state index contributed by atoms with van der Waals surface area (Å²) in [5.74, 6) is -0.252. The van der Waals surface area contributed by atoms with Gasteiger partial charge in [0, 0.05) is 4.88 Å². The molecular formula is C13H11FN2S2. The third-order valence-corrected chi connectivity index (χ3v) is 4.34. The summed E-state index contributed by atoms with van der Waals surface area (Å²) in [5.41, 5.74) is 2.95. The molecule has 3 aromatic rings. The third-order valence-electron chi connectivity index (χ3n) is 3.01. The molecule has 2 aromatic heterocycles. The summed E-state index contributed by atoms with van der Waals surface area (Å²) in [7, 11) is 0. The van der Waals surface area contributed by atoms with Gasteiger partial charge in [-0.25, -0.2) is 4.39 Å². The molecule has 1 N–H and O–H groups in total. The lowest BCUT2D eigenvalue weighted by atomic mass is 10.2. The van der Waals surface area contributed by atoms with Crippen LogP contribution in [-0.2, 0) is 6.54 Å². The van der Waals surface area contributed by atoms with Crippen LogP contribution < -0.4 is 0 Å². The average Bonchev–Trinajstić information content (AvgIpc) is 2.85. The van der Waals surface area contributed by atoms with Gasteiger partial charge in [-0.15, -0.1) is 11.3 Å². The Morgan fingerprint density at radius 1 is 1.39 bits per heavy atom. The highest BCUT2D eigenvalue weighted by molar-refractivity contribution is 7.71. The highest BCUT2D eigenvalue weighted by Gasteiger charge is 2.08. The van der Waals surface area contributed by atoms with Crippen LogP contribution in [0.25, 0.3) is 11.0 Å². The molecule has 92 valence electrons. The molecular weight excluding hydrogens is 267 g/mol. The minimum absolute atomic E-state index is 0.252. The van der Waals surface area contributed by atoms with Crippen molar-refractivity contribution in [2.45, 2.75) is 13.5 Å². The van der Waals surface area contributed by atoms with Crippen LogP contribution in [0.15, 0.2) is 29.6 Å². The van der Waals surface area contributed by atoms with Crippen LogP contribution >= 0.6 is 23.6 Å². The number of fused-ring (bicyclic) bond motifs is 1. The summed E-state index contributed by atoms with van der Waals surface area (Å²) in [6.07, 6.45) is 0. The molecule has 0 atom stereocenters. The maximum absolute atomic E-state index is 13.2. The minimum Gasteiger partial charge on any atom is -0.330 e. The topological polar surface area (TPSA) is 20.7 Å². The number of halogens is 1. The number of hydrogen-bond donors (Lipinski definition) is 1. The van der Waals surface area contributed by atoms with Crippen molar-refractivity contribution in [3.63, 3.8) is 0 Å². The van der Waals surface area contributed by atoms with Crippen LogP contribution in [-0.4, -0.2) is 9.55 Å². The van der Waals surface area contributed by atoms with Crippen LogP contribution in [0.4, 0.5) is 4.39 Å². The standard InChI is InChI=1S/C13H11FN2S2/c1-8-4-5-18-12(8)7-16-11-3-2-9(14)6-10(11)15-13(16)17/h2-6H,7H2,1H3,(H,15,17). The molecule has 1 aromatic carbocycles. The average molecular weight is 278 g/mol. The maximum atomic E-state index is 13.2. The first-order valence-corrected chi connectivity index (χ1v) is 6.85. The lowest BCUT2D eigenvalue weighted by Gasteiger charge is -2.03. The van der Waals surface area contributed by atoms with E-state index in [1.165, 1.54) is 22.6 Å². The second kappa shape index (κ2) is 4.33. The summed E-state index contributed by atoms with van der Waals surface area (Å²) in [4.78, 5) is 4.32. The third kappa shape index (κ3) is 1.89. The number of nitrogens with zero attached hydrogens (tertiary/aromatic N) is 1. The molecule has 0 bridgehead atoms. The number of rotatable bonds is 2. The molecule has 0 amide bonds. The number of aromatic amines is 1. The predicted octanol–water partition coefficient (Wildman–Crippen LogP) is 4.26. The number of thiophene rings is 1. The maximum Gasteiger partial charge on any atom is 0.178 e. The van der Waals surface area contributed by atoms with Gasteiger partial charge >= 0.3 is 0 Å². The van der Waals surface area contributed by atoms with Crippen LogP contribution in [0.2, 0.25) is 0 Å². The Kier molecular flexibility index (Phi) is 2.80. The zero-order valence-corrected chi connectivity index (χ0v) is 11.4. The van der Waals surface area contributed by atoms with E-state index in [0.29, 0.717) is 4.77 Å². The summed E-state index contributed by atoms with van der Waals surface area (Å²) >= 11 is 7.02. The molecule has 0 unspecified atom stereocenters. The van der Waals surface area contributed by atoms with Gasteiger partial charge in [-0.3, -0.25) is 0 Å². The van der Waals surface area contributed by atoms with Crippen molar-refractivity contribution in [2.75, 3.05) is 0 Å². The fourth-order valence-electron chi connectivity index (χ4n) is 2.00. The zero-order valence-electron chi connectivity index (χ0n) is 9.74. The first kappa shape index (κ1) is 11.6. The van der Waals surface area contributed by atoms with Crippen LogP contribution in [0, 0.1) is 17.5 Å². The molecule has 18 heavy (non-hydrogen) atoms. The Morgan fingerprint density at radius 3 is 2.94 bits per heavy atom. The molecule has 0 saturated carbocycles. The van der Waals surface area contributed by atoms with Crippen LogP contribution in [0.3, 0.4) is 0 Å². The van der Waals surface area contributed by atoms with Gasteiger partial charge in [0.15, 0.2) is 4.77 Å². The first-order valence-electron chi connectivity index (χ1n) is 5.56. The van der Waals surface area contributed by atoms with E-state index in [4.69, 9.17) is 12.2 Å². The van der Waals surface area contributed by atoms with Gasteiger partial charge in [-0.2, -0.15) is 0 Å². The molecule has 5 heteroatoms. The zero-order chi connectivity index (χ0) is 12.7. The van der Waals surface area contributed by atoms with Crippen molar-refractivity contribution >= 4 is 34.6 Å². The van der Waals surface area contributed by atoms with Crippen LogP contribution in [0.1, 0.15) is 10.4 Å². The second-order valence-corrected chi connectivity index (χ2v) is 5.59. The Balaban J connectivity index is 2.15. The van der Waals surface area contributed by atoms with E-state index in [9.17, 15) is 4.39 Å². The SMILES string of the molecule is Cc1ccsc1Cn1c(=S)[nH]c2cc(F)ccc21. The van der Waals surface area contributed by atoms with Gasteiger partial charge in [-0.1, -0.05) is 0 Å². The highest BCUT2D eigenvalue weighted by Crippen LogP contribution is 2.21. The number of hydrogen-bond acceptors (Lipinski definition) is 2. The van der Waals surface area contributed by atoms with Crippen molar-refractivity contribution in [3.8, 4) is 0 Å². The van der Waals surface area contributed by atoms with Gasteiger partial charge in [0.25, 0.3) is 0 Å². The summed E-state index contributed by atoms with van der Waals surface area (Å²) in [6, 6.07) is 6.80. The largest absolute Gasteiger partial charge is 0.330 e. The summed E-state index contributed by atoms with van der Waals surface area (Å²) in [5, 5.41) is 2.07. The van der Waals surface area contributed by atoms with E-state index < -0.39 is 0 Å². The van der Waals surface area contributed by atoms with Gasteiger partial charge in [0.1, 0.15) is 5.82 Å². The van der Waals surface area contributed by atoms with E-state index in [2.05, 4.69) is 23.4 Å². The molecule has 0 radical (unpaired) electrons. The van der Waals surface area contributed by atoms with Gasteiger partial charge in [0.05, 0.1) is 17.6 Å². The minimum atomic E-state index is -0.252. The summed E-state index contributed by atoms with van der Waals surface area (Å²) in [6.45, 7) is 2.82. The monoisotopic (exact) mass is 278 g/mol. The van der Waals surface area contributed by atoms with E-state index in [1.807, 2.05) is 4.57 Å². The van der Waals surface area contributed by atoms with E-state index in [-0.39, 0.29) is 5.82 Å². The molecule has 0 aliphatic carbocycles. The molecule has 0 saturated heterocycles. The second-order valence-electron chi connectivity index (χ2n) is 4.20. The first-order chi connectivity index (χ1) is 8.65. The lowest BCUT2D eigenvalue weighted by molar-refractivity contribution is 0.629. The molecule has 2 nitrogen and oxygen atoms in total. The van der Waals surface area contributed by atoms with Crippen molar-refractivity contribution in [1.82, 2.24) is 9.55 Å². The molecule has 0 aliphatic heterocycles. The Hall–Kier alpha value is -1.46. The Morgan fingerprint density at radius 2 is 2.22 bits per heavy atom. The van der Waals surface area contributed by atoms with Crippen molar-refractivity contribution < 1.29 is 4.39 Å². The molecule has 0 spiro atoms. The fraction of sp³-hybridized carbons (Fsp3) is 0.154. The molecule has 0 aliphatic rings. The van der Waals surface area contributed by atoms with Crippen molar-refractivity contribution in [3.05, 3.63) is 50.7 Å². The van der Waals surface area contributed by atoms with Crippen LogP contribution in [0.5, 0.6) is 0 Å². The van der Waals surface area contributed by atoms with Crippen molar-refractivity contribution in [1.29, 1.82) is 0 Å². The lowest BCUT2D eigenvalue weighted by Crippen LogP contribution is -1.98. The fourth-order valence-corrected chi connectivity index (χ4v) is 3.17. The number of nitrogens with one attached hydrogen (secondary N) is 1. The number of aromatic nitrogens is 2. The summed E-state index contributed by atoms with van der Waals surface area (Å²) < 4.78 is 15.8. The molecule has 0 fully saturated rings. The quantitative estimate of drug-likeness (QED) is 0.695. The van der Waals surface area contributed by atoms with E-state index in [0.717, 1.165) is 17.6 Å².